The van der Waals surface area contributed by atoms with Gasteiger partial charge in [0.1, 0.15) is 0 Å². The van der Waals surface area contributed by atoms with Gasteiger partial charge in [-0.25, -0.2) is 4.98 Å². The van der Waals surface area contributed by atoms with Crippen LogP contribution < -0.4 is 14.6 Å². The second-order valence-electron chi connectivity index (χ2n) is 16.4. The molecular weight excluding hydrogens is 848 g/mol. The van der Waals surface area contributed by atoms with E-state index in [0.717, 1.165) is 72.1 Å². The smallest absolute Gasteiger partial charge is 0.276 e. The fraction of sp³-hybridized carbons (Fsp3) is 0. The summed E-state index contributed by atoms with van der Waals surface area (Å²) >= 11 is 1.80. The molecule has 9 heteroatoms. The van der Waals surface area contributed by atoms with Crippen LogP contribution in [0.25, 0.3) is 81.8 Å². The van der Waals surface area contributed by atoms with Gasteiger partial charge in [-0.1, -0.05) is 158 Å². The predicted octanol–water partition coefficient (Wildman–Crippen LogP) is 15.1. The van der Waals surface area contributed by atoms with Crippen molar-refractivity contribution >= 4 is 88.8 Å². The van der Waals surface area contributed by atoms with E-state index in [0.29, 0.717) is 17.6 Å². The third-order valence-electron chi connectivity index (χ3n) is 12.6. The van der Waals surface area contributed by atoms with Crippen molar-refractivity contribution in [2.45, 2.75) is 0 Å². The van der Waals surface area contributed by atoms with Gasteiger partial charge in [-0.05, 0) is 77.9 Å². The van der Waals surface area contributed by atoms with Gasteiger partial charge >= 0.3 is 7.44 Å². The van der Waals surface area contributed by atoms with Crippen molar-refractivity contribution in [2.24, 2.45) is 0 Å². The lowest BCUT2D eigenvalue weighted by Crippen LogP contribution is -2.26. The van der Waals surface area contributed by atoms with Crippen molar-refractivity contribution in [2.75, 3.05) is 9.34 Å². The Labute approximate surface area is 384 Å². The minimum atomic E-state index is -3.53. The van der Waals surface area contributed by atoms with Gasteiger partial charge in [0.2, 0.25) is 5.95 Å². The number of aromatic nitrogens is 4. The Kier molecular flexibility index (Phi) is 8.85. The minimum Gasteiger partial charge on any atom is -0.276 e. The molecule has 1 atom stereocenters. The molecule has 312 valence electrons. The van der Waals surface area contributed by atoms with Gasteiger partial charge in [0.25, 0.3) is 0 Å². The summed E-state index contributed by atoms with van der Waals surface area (Å²) in [5.74, 6) is 1.76. The molecule has 0 amide bonds. The number of nitrogens with zero attached hydrogens (tertiary/aromatic N) is 6. The number of fused-ring (bicyclic) bond motifs is 8. The third kappa shape index (κ3) is 5.96. The maximum absolute atomic E-state index is 16.3. The van der Waals surface area contributed by atoms with Gasteiger partial charge in [0.15, 0.2) is 11.6 Å². The molecule has 7 nitrogen and oxygen atoms in total. The Balaban J connectivity index is 1.06. The summed E-state index contributed by atoms with van der Waals surface area (Å²) in [5, 5.41) is 5.34. The summed E-state index contributed by atoms with van der Waals surface area (Å²) in [4.78, 5) is 15.6. The highest BCUT2D eigenvalue weighted by molar-refractivity contribution is 7.76. The molecule has 1 aliphatic rings. The molecule has 13 rings (SSSR count). The normalized spacial score (nSPS) is 14.7. The molecule has 0 aliphatic carbocycles. The topological polar surface area (TPSA) is 67.2 Å². The highest BCUT2D eigenvalue weighted by Gasteiger charge is 2.49. The summed E-state index contributed by atoms with van der Waals surface area (Å²) in [7, 11) is -3.53. The van der Waals surface area contributed by atoms with Crippen molar-refractivity contribution in [1.82, 2.24) is 19.5 Å². The molecule has 0 bridgehead atoms. The van der Waals surface area contributed by atoms with Gasteiger partial charge in [-0.15, -0.1) is 11.3 Å². The van der Waals surface area contributed by atoms with Crippen LogP contribution in [0.15, 0.2) is 224 Å². The van der Waals surface area contributed by atoms with Crippen LogP contribution in [-0.2, 0) is 4.57 Å². The minimum absolute atomic E-state index is 0.550. The van der Waals surface area contributed by atoms with E-state index in [4.69, 9.17) is 15.0 Å². The van der Waals surface area contributed by atoms with Crippen molar-refractivity contribution < 1.29 is 4.57 Å². The first-order valence-electron chi connectivity index (χ1n) is 21.9. The van der Waals surface area contributed by atoms with Crippen molar-refractivity contribution in [3.8, 4) is 39.9 Å². The van der Waals surface area contributed by atoms with Crippen molar-refractivity contribution in [3.05, 3.63) is 224 Å². The molecule has 0 saturated carbocycles. The third-order valence-corrected chi connectivity index (χ3v) is 16.7. The lowest BCUT2D eigenvalue weighted by Gasteiger charge is -2.33. The van der Waals surface area contributed by atoms with Crippen LogP contribution in [0.1, 0.15) is 0 Å². The fourth-order valence-electron chi connectivity index (χ4n) is 9.58. The molecule has 4 heterocycles. The quantitative estimate of drug-likeness (QED) is 0.149. The summed E-state index contributed by atoms with van der Waals surface area (Å²) in [5.41, 5.74) is 9.38. The molecule has 0 spiro atoms. The first-order chi connectivity index (χ1) is 32.6. The molecule has 12 aromatic rings. The lowest BCUT2D eigenvalue weighted by atomic mass is 10.0. The average molecular weight is 885 g/mol. The fourth-order valence-corrected chi connectivity index (χ4v) is 13.8. The van der Waals surface area contributed by atoms with Crippen LogP contribution in [0, 0.1) is 0 Å². The van der Waals surface area contributed by atoms with Crippen molar-refractivity contribution in [3.63, 3.8) is 0 Å². The van der Waals surface area contributed by atoms with Gasteiger partial charge in [0.05, 0.1) is 32.4 Å². The standard InChI is InChI=1S/C57H37N6OPS/c64-65(44-26-14-5-15-27-44)62(42-22-10-3-11-23-42)50-35-31-41(37-51(50)63(65)43-24-12-4-13-25-43)40-30-34-49-48(36-40)46-32-33-47-45-28-16-17-29-52(45)66-54(47)53(46)61(49)57-59-55(38-18-6-1-7-19-38)58-56(60-57)39-20-8-2-9-21-39/h1-37H. The maximum atomic E-state index is 16.3. The van der Waals surface area contributed by atoms with Crippen LogP contribution in [-0.4, -0.2) is 19.5 Å². The molecule has 3 aromatic heterocycles. The molecule has 0 saturated heterocycles. The predicted molar refractivity (Wildman–Crippen MR) is 274 cm³/mol. The van der Waals surface area contributed by atoms with E-state index < -0.39 is 7.44 Å². The van der Waals surface area contributed by atoms with Gasteiger partial charge in [-0.3, -0.25) is 18.5 Å². The van der Waals surface area contributed by atoms with E-state index in [1.165, 1.54) is 20.2 Å². The van der Waals surface area contributed by atoms with Crippen molar-refractivity contribution in [1.29, 1.82) is 0 Å². The number of benzene rings is 9. The van der Waals surface area contributed by atoms with Gasteiger partial charge in [-0.2, -0.15) is 9.97 Å². The van der Waals surface area contributed by atoms with Crippen LogP contribution in [0.5, 0.6) is 0 Å². The van der Waals surface area contributed by atoms with Crippen LogP contribution in [0.2, 0.25) is 0 Å². The van der Waals surface area contributed by atoms with E-state index in [-0.39, 0.29) is 0 Å². The second-order valence-corrected chi connectivity index (χ2v) is 19.9. The Hall–Kier alpha value is -8.16. The molecular formula is C57H37N6OPS. The Morgan fingerprint density at radius 1 is 0.409 bits per heavy atom. The highest BCUT2D eigenvalue weighted by atomic mass is 32.1. The molecule has 0 fully saturated rings. The van der Waals surface area contributed by atoms with E-state index >= 15 is 4.57 Å². The monoisotopic (exact) mass is 884 g/mol. The van der Waals surface area contributed by atoms with Gasteiger partial charge in [0, 0.05) is 48.7 Å². The van der Waals surface area contributed by atoms with Crippen LogP contribution in [0.4, 0.5) is 22.7 Å². The lowest BCUT2D eigenvalue weighted by molar-refractivity contribution is 0.582. The van der Waals surface area contributed by atoms with Crippen LogP contribution >= 0.6 is 18.8 Å². The van der Waals surface area contributed by atoms with E-state index in [9.17, 15) is 0 Å². The summed E-state index contributed by atoms with van der Waals surface area (Å²) < 4.78 is 25.0. The average Bonchev–Trinajstić information content (AvgIpc) is 4.03. The maximum Gasteiger partial charge on any atom is 0.301 e. The van der Waals surface area contributed by atoms with E-state index in [1.807, 2.05) is 156 Å². The summed E-state index contributed by atoms with van der Waals surface area (Å²) in [6.07, 6.45) is 0. The summed E-state index contributed by atoms with van der Waals surface area (Å²) in [6, 6.07) is 76.6. The number of hydrogen-bond acceptors (Lipinski definition) is 5. The molecule has 0 N–H and O–H groups in total. The number of hydrogen-bond donors (Lipinski definition) is 0. The first kappa shape index (κ1) is 38.3. The van der Waals surface area contributed by atoms with Crippen LogP contribution in [0.3, 0.4) is 0 Å². The molecule has 1 aliphatic heterocycles. The van der Waals surface area contributed by atoms with E-state index in [2.05, 4.69) is 82.0 Å². The Bertz CT molecular complexity index is 3800. The molecule has 9 aromatic carbocycles. The Morgan fingerprint density at radius 3 is 1.59 bits per heavy atom. The SMILES string of the molecule is O=P1(c2ccccc2)N(c2ccccc2)c2ccc(-c3ccc4c(c3)c3ccc5c6ccccc6sc5c3n4-c3nc(-c4ccccc4)nc(-c4ccccc4)n3)cc2N1c1ccccc1. The van der Waals surface area contributed by atoms with E-state index in [1.54, 1.807) is 11.3 Å². The van der Waals surface area contributed by atoms with Gasteiger partial charge < -0.3 is 0 Å². The first-order valence-corrected chi connectivity index (χ1v) is 24.3. The number of para-hydroxylation sites is 2. The Morgan fingerprint density at radius 2 is 0.939 bits per heavy atom. The zero-order valence-corrected chi connectivity index (χ0v) is 37.0. The zero-order valence-electron chi connectivity index (χ0n) is 35.3. The molecule has 1 unspecified atom stereocenters. The number of thiophene rings is 1. The summed E-state index contributed by atoms with van der Waals surface area (Å²) in [6.45, 7) is 0. The largest absolute Gasteiger partial charge is 0.301 e. The highest BCUT2D eigenvalue weighted by Crippen LogP contribution is 2.70. The number of anilines is 4. The second kappa shape index (κ2) is 15.2. The molecule has 66 heavy (non-hydrogen) atoms. The zero-order chi connectivity index (χ0) is 43.8. The number of rotatable bonds is 7. The molecule has 0 radical (unpaired) electrons.